The number of aromatic nitrogens is 1. The summed E-state index contributed by atoms with van der Waals surface area (Å²) in [5.41, 5.74) is 4.64. The highest BCUT2D eigenvalue weighted by Gasteiger charge is 2.38. The molecule has 0 bridgehead atoms. The molecular weight excluding hydrogens is 466 g/mol. The molecule has 1 aliphatic heterocycles. The van der Waals surface area contributed by atoms with Crippen LogP contribution in [0.2, 0.25) is 0 Å². The molecule has 0 saturated carbocycles. The summed E-state index contributed by atoms with van der Waals surface area (Å²) in [6.07, 6.45) is 0.957. The van der Waals surface area contributed by atoms with Crippen LogP contribution in [0.4, 0.5) is 4.79 Å². The van der Waals surface area contributed by atoms with Crippen LogP contribution in [0.1, 0.15) is 38.6 Å². The van der Waals surface area contributed by atoms with Crippen molar-refractivity contribution in [3.8, 4) is 11.1 Å². The van der Waals surface area contributed by atoms with E-state index in [-0.39, 0.29) is 30.9 Å². The number of hydrogen-bond donors (Lipinski definition) is 2. The molecule has 2 aromatic carbocycles. The fourth-order valence-corrected chi connectivity index (χ4v) is 5.47. The molecule has 1 unspecified atom stereocenters. The number of hydrogen-bond acceptors (Lipinski definition) is 6. The number of carboxylic acid groups (broad SMARTS) is 1. The molecule has 1 aliphatic carbocycles. The predicted molar refractivity (Wildman–Crippen MR) is 130 cm³/mol. The average molecular weight is 492 g/mol. The van der Waals surface area contributed by atoms with Gasteiger partial charge in [0.2, 0.25) is 0 Å². The minimum absolute atomic E-state index is 0.0126. The molecule has 3 aromatic rings. The second-order valence-corrected chi connectivity index (χ2v) is 10.0. The molecule has 1 fully saturated rings. The Morgan fingerprint density at radius 1 is 1.11 bits per heavy atom. The zero-order valence-electron chi connectivity index (χ0n) is 19.1. The number of likely N-dealkylation sites (tertiary alicyclic amines) is 1. The second-order valence-electron chi connectivity index (χ2n) is 8.89. The molecule has 2 amide bonds. The van der Waals surface area contributed by atoms with Gasteiger partial charge in [-0.15, -0.1) is 11.3 Å². The Morgan fingerprint density at radius 3 is 2.37 bits per heavy atom. The van der Waals surface area contributed by atoms with Crippen molar-refractivity contribution in [2.24, 2.45) is 11.8 Å². The average Bonchev–Trinajstić information content (AvgIpc) is 3.43. The lowest BCUT2D eigenvalue weighted by Crippen LogP contribution is -2.53. The van der Waals surface area contributed by atoms with Crippen LogP contribution in [0, 0.1) is 11.8 Å². The highest BCUT2D eigenvalue weighted by molar-refractivity contribution is 7.13. The summed E-state index contributed by atoms with van der Waals surface area (Å²) >= 11 is 1.21. The Balaban J connectivity index is 1.12. The van der Waals surface area contributed by atoms with E-state index in [4.69, 9.17) is 9.84 Å². The van der Waals surface area contributed by atoms with Crippen LogP contribution in [0.3, 0.4) is 0 Å². The summed E-state index contributed by atoms with van der Waals surface area (Å²) in [5, 5.41) is 12.4. The first-order chi connectivity index (χ1) is 16.9. The number of ether oxygens (including phenoxy) is 1. The van der Waals surface area contributed by atoms with Gasteiger partial charge in [-0.25, -0.2) is 9.78 Å². The normalized spacial score (nSPS) is 15.6. The maximum absolute atomic E-state index is 12.6. The Hall–Kier alpha value is -3.72. The number of carbonyl (C=O) groups excluding carboxylic acids is 2. The van der Waals surface area contributed by atoms with E-state index in [9.17, 15) is 14.4 Å². The van der Waals surface area contributed by atoms with Gasteiger partial charge in [0, 0.05) is 24.9 Å². The third kappa shape index (κ3) is 4.51. The van der Waals surface area contributed by atoms with E-state index in [2.05, 4.69) is 34.6 Å². The summed E-state index contributed by atoms with van der Waals surface area (Å²) < 4.78 is 5.54. The van der Waals surface area contributed by atoms with Gasteiger partial charge < -0.3 is 20.1 Å². The maximum Gasteiger partial charge on any atom is 0.407 e. The Labute approximate surface area is 206 Å². The third-order valence-corrected chi connectivity index (χ3v) is 7.77. The number of nitrogens with zero attached hydrogens (tertiary/aromatic N) is 2. The molecule has 1 saturated heterocycles. The van der Waals surface area contributed by atoms with Crippen LogP contribution in [-0.2, 0) is 16.1 Å². The molecule has 9 heteroatoms. The number of amides is 2. The Kier molecular flexibility index (Phi) is 6.25. The molecule has 2 aliphatic rings. The van der Waals surface area contributed by atoms with Crippen molar-refractivity contribution in [2.75, 3.05) is 19.7 Å². The summed E-state index contributed by atoms with van der Waals surface area (Å²) in [6.45, 7) is 2.91. The molecule has 180 valence electrons. The standard InChI is InChI=1S/C26H25N3O5S/c1-15(25(31)32)16-12-29(13-16)24(30)22-10-27-23(35-22)11-28-26(33)34-14-21-19-8-4-2-6-17(19)18-7-3-5-9-20(18)21/h2-10,15-16,21H,11-14H2,1H3,(H,28,33)(H,31,32). The van der Waals surface area contributed by atoms with Crippen LogP contribution in [-0.4, -0.2) is 52.7 Å². The van der Waals surface area contributed by atoms with Gasteiger partial charge in [-0.1, -0.05) is 55.5 Å². The van der Waals surface area contributed by atoms with Gasteiger partial charge in [0.25, 0.3) is 5.91 Å². The number of fused-ring (bicyclic) bond motifs is 3. The molecule has 35 heavy (non-hydrogen) atoms. The van der Waals surface area contributed by atoms with Crippen molar-refractivity contribution in [3.63, 3.8) is 0 Å². The van der Waals surface area contributed by atoms with E-state index in [1.165, 1.54) is 28.7 Å². The van der Waals surface area contributed by atoms with Gasteiger partial charge in [0.1, 0.15) is 16.5 Å². The van der Waals surface area contributed by atoms with Gasteiger partial charge >= 0.3 is 12.1 Å². The molecule has 0 radical (unpaired) electrons. The van der Waals surface area contributed by atoms with Crippen LogP contribution in [0.5, 0.6) is 0 Å². The highest BCUT2D eigenvalue weighted by Crippen LogP contribution is 2.44. The van der Waals surface area contributed by atoms with Gasteiger partial charge in [0.05, 0.1) is 18.7 Å². The fourth-order valence-electron chi connectivity index (χ4n) is 4.64. The van der Waals surface area contributed by atoms with Gasteiger partial charge in [-0.3, -0.25) is 9.59 Å². The minimum atomic E-state index is -0.846. The monoisotopic (exact) mass is 491 g/mol. The Morgan fingerprint density at radius 2 is 1.74 bits per heavy atom. The number of carboxylic acids is 1. The number of rotatable bonds is 7. The summed E-state index contributed by atoms with van der Waals surface area (Å²) in [7, 11) is 0. The number of aliphatic carboxylic acids is 1. The first-order valence-corrected chi connectivity index (χ1v) is 12.3. The molecule has 2 heterocycles. The lowest BCUT2D eigenvalue weighted by molar-refractivity contribution is -0.144. The number of thiazole rings is 1. The number of carbonyl (C=O) groups is 3. The van der Waals surface area contributed by atoms with Gasteiger partial charge in [-0.05, 0) is 22.3 Å². The van der Waals surface area contributed by atoms with Crippen LogP contribution in [0.25, 0.3) is 11.1 Å². The quantitative estimate of drug-likeness (QED) is 0.518. The summed E-state index contributed by atoms with van der Waals surface area (Å²) in [5.74, 6) is -1.52. The van der Waals surface area contributed by atoms with E-state index >= 15 is 0 Å². The van der Waals surface area contributed by atoms with E-state index in [1.807, 2.05) is 24.3 Å². The molecule has 5 rings (SSSR count). The molecule has 2 N–H and O–H groups in total. The molecule has 1 aromatic heterocycles. The van der Waals surface area contributed by atoms with E-state index < -0.39 is 18.0 Å². The van der Waals surface area contributed by atoms with Crippen molar-refractivity contribution >= 4 is 29.3 Å². The molecule has 8 nitrogen and oxygen atoms in total. The third-order valence-electron chi connectivity index (χ3n) is 6.79. The van der Waals surface area contributed by atoms with Crippen LogP contribution in [0.15, 0.2) is 54.7 Å². The molecule has 1 atom stereocenters. The largest absolute Gasteiger partial charge is 0.481 e. The predicted octanol–water partition coefficient (Wildman–Crippen LogP) is 3.97. The topological polar surface area (TPSA) is 109 Å². The van der Waals surface area contributed by atoms with E-state index in [0.29, 0.717) is 23.0 Å². The van der Waals surface area contributed by atoms with Crippen molar-refractivity contribution in [1.29, 1.82) is 0 Å². The fraction of sp³-hybridized carbons (Fsp3) is 0.308. The number of benzene rings is 2. The molecular formula is C26H25N3O5S. The van der Waals surface area contributed by atoms with Crippen molar-refractivity contribution < 1.29 is 24.2 Å². The number of nitrogens with one attached hydrogen (secondary N) is 1. The molecule has 0 spiro atoms. The smallest absolute Gasteiger partial charge is 0.407 e. The van der Waals surface area contributed by atoms with Crippen LogP contribution < -0.4 is 5.32 Å². The zero-order chi connectivity index (χ0) is 24.5. The summed E-state index contributed by atoms with van der Waals surface area (Å²) in [4.78, 5) is 42.4. The lowest BCUT2D eigenvalue weighted by atomic mass is 9.87. The van der Waals surface area contributed by atoms with E-state index in [1.54, 1.807) is 11.8 Å². The lowest BCUT2D eigenvalue weighted by Gasteiger charge is -2.40. The zero-order valence-corrected chi connectivity index (χ0v) is 20.0. The van der Waals surface area contributed by atoms with Crippen LogP contribution >= 0.6 is 11.3 Å². The highest BCUT2D eigenvalue weighted by atomic mass is 32.1. The first kappa shape index (κ1) is 23.0. The summed E-state index contributed by atoms with van der Waals surface area (Å²) in [6, 6.07) is 16.3. The SMILES string of the molecule is CC(C(=O)O)C1CN(C(=O)c2cnc(CNC(=O)OCC3c4ccccc4-c4ccccc43)s2)C1. The first-order valence-electron chi connectivity index (χ1n) is 11.5. The van der Waals surface area contributed by atoms with Crippen molar-refractivity contribution in [3.05, 3.63) is 75.7 Å². The van der Waals surface area contributed by atoms with Crippen molar-refractivity contribution in [1.82, 2.24) is 15.2 Å². The Bertz CT molecular complexity index is 1240. The van der Waals surface area contributed by atoms with Gasteiger partial charge in [-0.2, -0.15) is 0 Å². The van der Waals surface area contributed by atoms with E-state index in [0.717, 1.165) is 11.1 Å². The van der Waals surface area contributed by atoms with Gasteiger partial charge in [0.15, 0.2) is 0 Å². The minimum Gasteiger partial charge on any atom is -0.481 e. The van der Waals surface area contributed by atoms with Crippen molar-refractivity contribution in [2.45, 2.75) is 19.4 Å². The maximum atomic E-state index is 12.6. The second kappa shape index (κ2) is 9.50. The number of alkyl carbamates (subject to hydrolysis) is 1.